The van der Waals surface area contributed by atoms with Crippen LogP contribution in [-0.2, 0) is 19.5 Å². The summed E-state index contributed by atoms with van der Waals surface area (Å²) in [6.07, 6.45) is 1.05. The number of guanidine groups is 1. The lowest BCUT2D eigenvalue weighted by atomic mass is 10.2. The second-order valence-electron chi connectivity index (χ2n) is 5.20. The van der Waals surface area contributed by atoms with Crippen LogP contribution in [0.25, 0.3) is 0 Å². The van der Waals surface area contributed by atoms with Crippen molar-refractivity contribution < 1.29 is 4.92 Å². The van der Waals surface area contributed by atoms with Crippen molar-refractivity contribution in [2.24, 2.45) is 4.99 Å². The Kier molecular flexibility index (Phi) is 6.74. The first-order chi connectivity index (χ1) is 11.6. The predicted octanol–water partition coefficient (Wildman–Crippen LogP) is 3.47. The van der Waals surface area contributed by atoms with Crippen molar-refractivity contribution in [2.45, 2.75) is 33.4 Å². The Bertz CT molecular complexity index is 712. The van der Waals surface area contributed by atoms with Crippen LogP contribution < -0.4 is 10.6 Å². The lowest BCUT2D eigenvalue weighted by Crippen LogP contribution is -2.36. The molecule has 6 nitrogen and oxygen atoms in total. The van der Waals surface area contributed by atoms with E-state index in [9.17, 15) is 10.1 Å². The average Bonchev–Trinajstić information content (AvgIpc) is 3.05. The number of nitrogens with zero attached hydrogens (tertiary/aromatic N) is 2. The van der Waals surface area contributed by atoms with Crippen LogP contribution in [0.5, 0.6) is 0 Å². The fourth-order valence-electron chi connectivity index (χ4n) is 2.16. The zero-order valence-corrected chi connectivity index (χ0v) is 14.7. The van der Waals surface area contributed by atoms with Gasteiger partial charge in [-0.15, -0.1) is 11.3 Å². The van der Waals surface area contributed by atoms with Crippen LogP contribution in [0.2, 0.25) is 0 Å². The molecule has 1 heterocycles. The molecular formula is C17H22N4O2S. The van der Waals surface area contributed by atoms with Crippen LogP contribution in [0.4, 0.5) is 5.69 Å². The molecule has 1 aromatic heterocycles. The van der Waals surface area contributed by atoms with Gasteiger partial charge in [-0.1, -0.05) is 19.1 Å². The van der Waals surface area contributed by atoms with Crippen molar-refractivity contribution >= 4 is 23.0 Å². The zero-order chi connectivity index (χ0) is 17.4. The molecule has 7 heteroatoms. The number of benzene rings is 1. The number of aliphatic imine (C=N–C) groups is 1. The van der Waals surface area contributed by atoms with Gasteiger partial charge in [0.05, 0.1) is 18.0 Å². The monoisotopic (exact) mass is 346 g/mol. The van der Waals surface area contributed by atoms with Crippen LogP contribution in [0, 0.1) is 10.1 Å². The molecule has 0 unspecified atom stereocenters. The molecule has 128 valence electrons. The molecule has 1 aromatic carbocycles. The van der Waals surface area contributed by atoms with Crippen LogP contribution in [0.1, 0.15) is 29.2 Å². The van der Waals surface area contributed by atoms with Crippen LogP contribution >= 0.6 is 11.3 Å². The van der Waals surface area contributed by atoms with E-state index in [1.54, 1.807) is 23.5 Å². The lowest BCUT2D eigenvalue weighted by Gasteiger charge is -2.10. The molecule has 0 bridgehead atoms. The Balaban J connectivity index is 1.99. The minimum Gasteiger partial charge on any atom is -0.357 e. The van der Waals surface area contributed by atoms with E-state index in [4.69, 9.17) is 0 Å². The SMILES string of the molecule is CCNC(=NCc1cccc([N+](=O)[O-])c1)NCc1ccc(CC)s1. The number of thiophene rings is 1. The number of nitrogens with one attached hydrogen (secondary N) is 2. The van der Waals surface area contributed by atoms with Gasteiger partial charge in [-0.25, -0.2) is 4.99 Å². The number of aryl methyl sites for hydroxylation is 1. The van der Waals surface area contributed by atoms with Crippen molar-refractivity contribution in [3.8, 4) is 0 Å². The third-order valence-corrected chi connectivity index (χ3v) is 4.61. The van der Waals surface area contributed by atoms with E-state index >= 15 is 0 Å². The summed E-state index contributed by atoms with van der Waals surface area (Å²) in [6.45, 7) is 6.01. The number of nitro benzene ring substituents is 1. The molecule has 0 saturated heterocycles. The van der Waals surface area contributed by atoms with E-state index in [0.29, 0.717) is 19.0 Å². The van der Waals surface area contributed by atoms with Crippen molar-refractivity contribution in [3.63, 3.8) is 0 Å². The molecule has 2 N–H and O–H groups in total. The van der Waals surface area contributed by atoms with E-state index in [1.165, 1.54) is 15.8 Å². The van der Waals surface area contributed by atoms with Crippen LogP contribution in [0.3, 0.4) is 0 Å². The fraction of sp³-hybridized carbons (Fsp3) is 0.353. The molecule has 2 aromatic rings. The van der Waals surface area contributed by atoms with Crippen LogP contribution in [0.15, 0.2) is 41.4 Å². The quantitative estimate of drug-likeness (QED) is 0.348. The van der Waals surface area contributed by atoms with E-state index in [2.05, 4.69) is 34.7 Å². The fourth-order valence-corrected chi connectivity index (χ4v) is 3.06. The topological polar surface area (TPSA) is 79.6 Å². The average molecular weight is 346 g/mol. The Morgan fingerprint density at radius 2 is 2.00 bits per heavy atom. The standard InChI is InChI=1S/C17H22N4O2S/c1-3-15-8-9-16(24-15)12-20-17(18-4-2)19-11-13-6-5-7-14(10-13)21(22)23/h5-10H,3-4,11-12H2,1-2H3,(H2,18,19,20). The second-order valence-corrected chi connectivity index (χ2v) is 6.45. The minimum absolute atomic E-state index is 0.0892. The summed E-state index contributed by atoms with van der Waals surface area (Å²) in [7, 11) is 0. The highest BCUT2D eigenvalue weighted by molar-refractivity contribution is 7.11. The van der Waals surface area contributed by atoms with E-state index in [1.807, 2.05) is 13.0 Å². The third kappa shape index (κ3) is 5.34. The molecule has 24 heavy (non-hydrogen) atoms. The van der Waals surface area contributed by atoms with Crippen molar-refractivity contribution in [1.29, 1.82) is 0 Å². The van der Waals surface area contributed by atoms with E-state index in [0.717, 1.165) is 18.5 Å². The van der Waals surface area contributed by atoms with Gasteiger partial charge < -0.3 is 10.6 Å². The summed E-state index contributed by atoms with van der Waals surface area (Å²) >= 11 is 1.79. The van der Waals surface area contributed by atoms with Gasteiger partial charge in [-0.3, -0.25) is 10.1 Å². The normalized spacial score (nSPS) is 11.3. The first kappa shape index (κ1) is 17.9. The molecule has 0 amide bonds. The molecule has 0 spiro atoms. The first-order valence-electron chi connectivity index (χ1n) is 7.95. The number of hydrogen-bond acceptors (Lipinski definition) is 4. The van der Waals surface area contributed by atoms with Gasteiger partial charge in [0.25, 0.3) is 5.69 Å². The van der Waals surface area contributed by atoms with Gasteiger partial charge in [0.1, 0.15) is 0 Å². The summed E-state index contributed by atoms with van der Waals surface area (Å²) < 4.78 is 0. The molecule has 2 rings (SSSR count). The summed E-state index contributed by atoms with van der Waals surface area (Å²) in [5, 5.41) is 17.3. The zero-order valence-electron chi connectivity index (χ0n) is 13.9. The van der Waals surface area contributed by atoms with E-state index < -0.39 is 4.92 Å². The van der Waals surface area contributed by atoms with Gasteiger partial charge in [0.2, 0.25) is 0 Å². The summed E-state index contributed by atoms with van der Waals surface area (Å²) in [5.41, 5.74) is 0.900. The number of non-ortho nitro benzene ring substituents is 1. The molecule has 0 saturated carbocycles. The minimum atomic E-state index is -0.390. The molecule has 0 fully saturated rings. The Morgan fingerprint density at radius 3 is 2.67 bits per heavy atom. The Labute approximate surface area is 145 Å². The molecule has 0 atom stereocenters. The van der Waals surface area contributed by atoms with Gasteiger partial charge in [-0.05, 0) is 31.0 Å². The Hall–Kier alpha value is -2.41. The third-order valence-electron chi connectivity index (χ3n) is 3.38. The van der Waals surface area contributed by atoms with Crippen molar-refractivity contribution in [1.82, 2.24) is 10.6 Å². The van der Waals surface area contributed by atoms with E-state index in [-0.39, 0.29) is 5.69 Å². The first-order valence-corrected chi connectivity index (χ1v) is 8.77. The Morgan fingerprint density at radius 1 is 1.21 bits per heavy atom. The number of hydrogen-bond donors (Lipinski definition) is 2. The second kappa shape index (κ2) is 9.02. The summed E-state index contributed by atoms with van der Waals surface area (Å²) in [5.74, 6) is 0.704. The van der Waals surface area contributed by atoms with Gasteiger partial charge >= 0.3 is 0 Å². The molecule has 0 radical (unpaired) electrons. The largest absolute Gasteiger partial charge is 0.357 e. The molecular weight excluding hydrogens is 324 g/mol. The maximum absolute atomic E-state index is 10.8. The summed E-state index contributed by atoms with van der Waals surface area (Å²) in [6, 6.07) is 10.8. The van der Waals surface area contributed by atoms with Gasteiger partial charge in [0, 0.05) is 28.4 Å². The van der Waals surface area contributed by atoms with Gasteiger partial charge in [-0.2, -0.15) is 0 Å². The molecule has 0 aliphatic heterocycles. The van der Waals surface area contributed by atoms with Crippen molar-refractivity contribution in [3.05, 3.63) is 61.8 Å². The number of rotatable bonds is 7. The van der Waals surface area contributed by atoms with Gasteiger partial charge in [0.15, 0.2) is 5.96 Å². The molecule has 0 aliphatic carbocycles. The molecule has 0 aliphatic rings. The number of nitro groups is 1. The highest BCUT2D eigenvalue weighted by Gasteiger charge is 2.06. The maximum atomic E-state index is 10.8. The smallest absolute Gasteiger partial charge is 0.269 e. The highest BCUT2D eigenvalue weighted by Crippen LogP contribution is 2.16. The lowest BCUT2D eigenvalue weighted by molar-refractivity contribution is -0.384. The highest BCUT2D eigenvalue weighted by atomic mass is 32.1. The summed E-state index contributed by atoms with van der Waals surface area (Å²) in [4.78, 5) is 17.6. The predicted molar refractivity (Wildman–Crippen MR) is 98.4 cm³/mol. The van der Waals surface area contributed by atoms with Crippen molar-refractivity contribution in [2.75, 3.05) is 6.54 Å². The van der Waals surface area contributed by atoms with Crippen LogP contribution in [-0.4, -0.2) is 17.4 Å². The maximum Gasteiger partial charge on any atom is 0.269 e.